The Kier molecular flexibility index (Phi) is 9.74. The van der Waals surface area contributed by atoms with Crippen LogP contribution in [0.2, 0.25) is 5.02 Å². The van der Waals surface area contributed by atoms with Crippen molar-refractivity contribution in [3.63, 3.8) is 0 Å². The second-order valence-electron chi connectivity index (χ2n) is 6.75. The fourth-order valence-corrected chi connectivity index (χ4v) is 3.60. The van der Waals surface area contributed by atoms with Crippen LogP contribution in [0.1, 0.15) is 23.7 Å². The van der Waals surface area contributed by atoms with Crippen LogP contribution >= 0.6 is 23.4 Å². The van der Waals surface area contributed by atoms with Crippen molar-refractivity contribution >= 4 is 41.1 Å². The van der Waals surface area contributed by atoms with Gasteiger partial charge in [-0.15, -0.1) is 0 Å². The lowest BCUT2D eigenvalue weighted by molar-refractivity contribution is -0.143. The van der Waals surface area contributed by atoms with Crippen LogP contribution in [0, 0.1) is 0 Å². The molecule has 0 spiro atoms. The number of ether oxygens (including phenoxy) is 3. The van der Waals surface area contributed by atoms with Gasteiger partial charge in [0.2, 0.25) is 0 Å². The smallest absolute Gasteiger partial charge is 0.328 e. The summed E-state index contributed by atoms with van der Waals surface area (Å²) in [6.45, 7) is 2.65. The standard InChI is InChI=1S/C20H27ClN2O6S/c1-13(24)16-10-14(21)4-5-18(16)29-12-15-11-23(7-8-28-15)20(26)22-17(6-9-30-3)19(25)27-2/h4-5,10,15,17H,6-9,11-12H2,1-3H3,(H,22,26)/t15?,17-/m0/s1. The SMILES string of the molecule is COC(=O)[C@H](CCSC)NC(=O)N1CCOC(COc2ccc(Cl)cc2C(C)=O)C1. The number of carbonyl (C=O) groups excluding carboxylic acids is 3. The maximum Gasteiger partial charge on any atom is 0.328 e. The van der Waals surface area contributed by atoms with E-state index in [1.807, 2.05) is 6.26 Å². The van der Waals surface area contributed by atoms with Gasteiger partial charge in [0.1, 0.15) is 24.5 Å². The third kappa shape index (κ3) is 7.07. The van der Waals surface area contributed by atoms with Crippen LogP contribution in [-0.2, 0) is 14.3 Å². The Morgan fingerprint density at radius 1 is 1.40 bits per heavy atom. The fraction of sp³-hybridized carbons (Fsp3) is 0.550. The van der Waals surface area contributed by atoms with Crippen molar-refractivity contribution < 1.29 is 28.6 Å². The summed E-state index contributed by atoms with van der Waals surface area (Å²) < 4.78 is 16.2. The summed E-state index contributed by atoms with van der Waals surface area (Å²) in [6.07, 6.45) is 2.05. The highest BCUT2D eigenvalue weighted by Crippen LogP contribution is 2.24. The molecular weight excluding hydrogens is 432 g/mol. The first-order valence-corrected chi connectivity index (χ1v) is 11.3. The highest BCUT2D eigenvalue weighted by atomic mass is 35.5. The Labute approximate surface area is 185 Å². The molecule has 1 aliphatic heterocycles. The van der Waals surface area contributed by atoms with Gasteiger partial charge < -0.3 is 24.4 Å². The Morgan fingerprint density at radius 2 is 2.17 bits per heavy atom. The van der Waals surface area contributed by atoms with E-state index in [0.717, 1.165) is 5.75 Å². The first-order valence-electron chi connectivity index (χ1n) is 9.52. The number of carbonyl (C=O) groups is 3. The van der Waals surface area contributed by atoms with Crippen molar-refractivity contribution in [3.8, 4) is 5.75 Å². The molecule has 0 aliphatic carbocycles. The molecule has 8 nitrogen and oxygen atoms in total. The van der Waals surface area contributed by atoms with Gasteiger partial charge in [-0.3, -0.25) is 4.79 Å². The number of hydrogen-bond acceptors (Lipinski definition) is 7. The molecule has 0 aromatic heterocycles. The number of halogens is 1. The molecule has 0 saturated carbocycles. The van der Waals surface area contributed by atoms with E-state index < -0.39 is 12.0 Å². The zero-order valence-electron chi connectivity index (χ0n) is 17.3. The van der Waals surface area contributed by atoms with Gasteiger partial charge in [-0.05, 0) is 43.6 Å². The van der Waals surface area contributed by atoms with Gasteiger partial charge in [0.05, 0.1) is 25.8 Å². The van der Waals surface area contributed by atoms with E-state index in [1.165, 1.54) is 14.0 Å². The van der Waals surface area contributed by atoms with E-state index in [1.54, 1.807) is 34.9 Å². The first kappa shape index (κ1) is 24.3. The van der Waals surface area contributed by atoms with Crippen LogP contribution in [0.25, 0.3) is 0 Å². The molecule has 30 heavy (non-hydrogen) atoms. The predicted molar refractivity (Wildman–Crippen MR) is 116 cm³/mol. The van der Waals surface area contributed by atoms with Crippen LogP contribution in [0.4, 0.5) is 4.79 Å². The van der Waals surface area contributed by atoms with Crippen LogP contribution < -0.4 is 10.1 Å². The number of morpholine rings is 1. The van der Waals surface area contributed by atoms with Gasteiger partial charge in [-0.1, -0.05) is 11.6 Å². The molecule has 1 heterocycles. The van der Waals surface area contributed by atoms with Gasteiger partial charge in [0.25, 0.3) is 0 Å². The molecule has 10 heteroatoms. The zero-order valence-corrected chi connectivity index (χ0v) is 18.9. The minimum absolute atomic E-state index is 0.155. The van der Waals surface area contributed by atoms with E-state index >= 15 is 0 Å². The number of urea groups is 1. The zero-order chi connectivity index (χ0) is 22.1. The number of nitrogens with one attached hydrogen (secondary N) is 1. The minimum atomic E-state index is -0.695. The van der Waals surface area contributed by atoms with Gasteiger partial charge in [0, 0.05) is 11.6 Å². The fourth-order valence-electron chi connectivity index (χ4n) is 2.96. The van der Waals surface area contributed by atoms with Crippen molar-refractivity contribution in [1.82, 2.24) is 10.2 Å². The van der Waals surface area contributed by atoms with E-state index in [9.17, 15) is 14.4 Å². The average molecular weight is 459 g/mol. The van der Waals surface area contributed by atoms with E-state index in [-0.39, 0.29) is 24.5 Å². The van der Waals surface area contributed by atoms with Crippen LogP contribution in [-0.4, -0.2) is 80.3 Å². The monoisotopic (exact) mass is 458 g/mol. The molecule has 2 amide bonds. The molecular formula is C20H27ClN2O6S. The summed E-state index contributed by atoms with van der Waals surface area (Å²) >= 11 is 7.54. The number of benzene rings is 1. The normalized spacial score (nSPS) is 17.2. The van der Waals surface area contributed by atoms with Crippen LogP contribution in [0.15, 0.2) is 18.2 Å². The molecule has 166 valence electrons. The van der Waals surface area contributed by atoms with Gasteiger partial charge in [-0.2, -0.15) is 11.8 Å². The third-order valence-corrected chi connectivity index (χ3v) is 5.44. The van der Waals surface area contributed by atoms with Crippen LogP contribution in [0.3, 0.4) is 0 Å². The molecule has 0 bridgehead atoms. The molecule has 2 atom stereocenters. The topological polar surface area (TPSA) is 94.2 Å². The number of methoxy groups -OCH3 is 1. The summed E-state index contributed by atoms with van der Waals surface area (Å²) in [7, 11) is 1.30. The van der Waals surface area contributed by atoms with E-state index in [4.69, 9.17) is 25.8 Å². The quantitative estimate of drug-likeness (QED) is 0.449. The Hall–Kier alpha value is -1.97. The first-order chi connectivity index (χ1) is 14.3. The Morgan fingerprint density at radius 3 is 2.83 bits per heavy atom. The van der Waals surface area contributed by atoms with Crippen LogP contribution in [0.5, 0.6) is 5.75 Å². The maximum atomic E-state index is 12.6. The lowest BCUT2D eigenvalue weighted by Gasteiger charge is -2.33. The van der Waals surface area contributed by atoms with Crippen molar-refractivity contribution in [1.29, 1.82) is 0 Å². The van der Waals surface area contributed by atoms with Crippen molar-refractivity contribution in [3.05, 3.63) is 28.8 Å². The number of rotatable bonds is 9. The lowest BCUT2D eigenvalue weighted by Crippen LogP contribution is -2.54. The number of hydrogen-bond donors (Lipinski definition) is 1. The number of esters is 1. The van der Waals surface area contributed by atoms with Gasteiger partial charge >= 0.3 is 12.0 Å². The maximum absolute atomic E-state index is 12.6. The number of ketones is 1. The lowest BCUT2D eigenvalue weighted by atomic mass is 10.1. The number of amides is 2. The number of nitrogens with zero attached hydrogens (tertiary/aromatic N) is 1. The van der Waals surface area contributed by atoms with E-state index in [0.29, 0.717) is 42.5 Å². The summed E-state index contributed by atoms with van der Waals surface area (Å²) in [5.41, 5.74) is 0.391. The van der Waals surface area contributed by atoms with Crippen molar-refractivity contribution in [2.75, 3.05) is 45.4 Å². The second-order valence-corrected chi connectivity index (χ2v) is 8.18. The molecule has 1 fully saturated rings. The molecule has 0 radical (unpaired) electrons. The second kappa shape index (κ2) is 12.0. The molecule has 1 saturated heterocycles. The Bertz CT molecular complexity index is 763. The van der Waals surface area contributed by atoms with E-state index in [2.05, 4.69) is 5.32 Å². The molecule has 1 aliphatic rings. The molecule has 1 N–H and O–H groups in total. The summed E-state index contributed by atoms with van der Waals surface area (Å²) in [5.74, 6) is 0.515. The molecule has 1 aromatic rings. The minimum Gasteiger partial charge on any atom is -0.490 e. The van der Waals surface area contributed by atoms with Crippen molar-refractivity contribution in [2.24, 2.45) is 0 Å². The van der Waals surface area contributed by atoms with Gasteiger partial charge in [-0.25, -0.2) is 9.59 Å². The van der Waals surface area contributed by atoms with Crippen molar-refractivity contribution in [2.45, 2.75) is 25.5 Å². The summed E-state index contributed by atoms with van der Waals surface area (Å²) in [5, 5.41) is 3.19. The summed E-state index contributed by atoms with van der Waals surface area (Å²) in [4.78, 5) is 37.9. The molecule has 2 rings (SSSR count). The summed E-state index contributed by atoms with van der Waals surface area (Å²) in [6, 6.07) is 3.80. The largest absolute Gasteiger partial charge is 0.490 e. The predicted octanol–water partition coefficient (Wildman–Crippen LogP) is 2.63. The molecule has 1 unspecified atom stereocenters. The van der Waals surface area contributed by atoms with Gasteiger partial charge in [0.15, 0.2) is 5.78 Å². The average Bonchev–Trinajstić information content (AvgIpc) is 2.75. The Balaban J connectivity index is 1.94. The highest BCUT2D eigenvalue weighted by Gasteiger charge is 2.28. The highest BCUT2D eigenvalue weighted by molar-refractivity contribution is 7.98. The third-order valence-electron chi connectivity index (χ3n) is 4.57. The number of thioether (sulfide) groups is 1. The number of Topliss-reactive ketones (excluding diaryl/α,β-unsaturated/α-hetero) is 1. The molecule has 1 aromatic carbocycles.